The third-order valence-corrected chi connectivity index (χ3v) is 13.3. The zero-order valence-electron chi connectivity index (χ0n) is 31.8. The Labute approximate surface area is 325 Å². The first kappa shape index (κ1) is 35.8. The Morgan fingerprint density at radius 3 is 2.16 bits per heavy atom. The van der Waals surface area contributed by atoms with E-state index in [1.807, 2.05) is 18.2 Å². The molecule has 3 saturated heterocycles. The number of piperazine rings is 1. The molecule has 1 aliphatic carbocycles. The maximum Gasteiger partial charge on any atom is 0.255 e. The van der Waals surface area contributed by atoms with E-state index in [9.17, 15) is 14.7 Å². The first-order chi connectivity index (χ1) is 26.9. The molecule has 4 aromatic rings. The van der Waals surface area contributed by atoms with Crippen LogP contribution in [-0.4, -0.2) is 90.0 Å². The molecule has 4 aliphatic heterocycles. The summed E-state index contributed by atoms with van der Waals surface area (Å²) in [4.78, 5) is 35.2. The Bertz CT molecular complexity index is 2050. The first-order valence-electron chi connectivity index (χ1n) is 20.5. The fourth-order valence-corrected chi connectivity index (χ4v) is 10.1. The fourth-order valence-electron chi connectivity index (χ4n) is 10.1. The highest BCUT2D eigenvalue weighted by Gasteiger charge is 2.38. The van der Waals surface area contributed by atoms with Crippen LogP contribution < -0.4 is 10.2 Å². The highest BCUT2D eigenvalue weighted by atomic mass is 16.3. The second kappa shape index (κ2) is 15.3. The topological polar surface area (TPSA) is 79.4 Å². The van der Waals surface area contributed by atoms with Crippen LogP contribution in [0.1, 0.15) is 93.6 Å². The summed E-state index contributed by atoms with van der Waals surface area (Å²) in [6, 6.07) is 32.3. The van der Waals surface area contributed by atoms with Crippen LogP contribution in [0.5, 0.6) is 5.75 Å². The minimum atomic E-state index is -0.424. The van der Waals surface area contributed by atoms with E-state index in [1.165, 1.54) is 46.3 Å². The van der Waals surface area contributed by atoms with Crippen molar-refractivity contribution in [2.45, 2.75) is 68.9 Å². The molecule has 1 unspecified atom stereocenters. The van der Waals surface area contributed by atoms with Gasteiger partial charge in [0.2, 0.25) is 5.91 Å². The largest absolute Gasteiger partial charge is 0.508 e. The minimum Gasteiger partial charge on any atom is -0.508 e. The second-order valence-corrected chi connectivity index (χ2v) is 16.4. The molecule has 0 spiro atoms. The molecular formula is C47H53N5O3. The molecule has 8 heteroatoms. The van der Waals surface area contributed by atoms with Gasteiger partial charge in [-0.2, -0.15) is 0 Å². The SMILES string of the molecule is C=C1CCC(N2Cc3cc(N4CCN(CCN5CCC(c6ccc([C@H]7c8ccc(O)cc8CC[C@H]7c7ccccc7)cc6)CC5)CC4)ccc3C2=O)C(=O)N1. The van der Waals surface area contributed by atoms with Gasteiger partial charge in [-0.25, -0.2) is 0 Å². The number of nitrogens with one attached hydrogen (secondary N) is 1. The van der Waals surface area contributed by atoms with E-state index < -0.39 is 6.04 Å². The third-order valence-electron chi connectivity index (χ3n) is 13.3. The van der Waals surface area contributed by atoms with Crippen molar-refractivity contribution in [1.29, 1.82) is 0 Å². The van der Waals surface area contributed by atoms with Crippen LogP contribution in [0.3, 0.4) is 0 Å². The van der Waals surface area contributed by atoms with Gasteiger partial charge in [0.15, 0.2) is 0 Å². The van der Waals surface area contributed by atoms with Gasteiger partial charge in [-0.1, -0.05) is 67.2 Å². The average molecular weight is 736 g/mol. The van der Waals surface area contributed by atoms with Gasteiger partial charge in [0.05, 0.1) is 0 Å². The normalized spacial score (nSPS) is 23.8. The summed E-state index contributed by atoms with van der Waals surface area (Å²) in [5, 5.41) is 13.1. The van der Waals surface area contributed by atoms with E-state index in [0.717, 1.165) is 82.0 Å². The lowest BCUT2D eigenvalue weighted by Crippen LogP contribution is -2.49. The molecular weight excluding hydrogens is 683 g/mol. The van der Waals surface area contributed by atoms with E-state index in [1.54, 1.807) is 4.90 Å². The molecule has 0 radical (unpaired) electrons. The van der Waals surface area contributed by atoms with Gasteiger partial charge in [0, 0.05) is 68.7 Å². The molecule has 284 valence electrons. The Hall–Kier alpha value is -4.92. The predicted molar refractivity (Wildman–Crippen MR) is 218 cm³/mol. The van der Waals surface area contributed by atoms with Crippen molar-refractivity contribution in [3.05, 3.63) is 142 Å². The molecule has 2 N–H and O–H groups in total. The van der Waals surface area contributed by atoms with Gasteiger partial charge in [0.1, 0.15) is 11.8 Å². The molecule has 3 atom stereocenters. The lowest BCUT2D eigenvalue weighted by atomic mass is 9.69. The van der Waals surface area contributed by atoms with Crippen molar-refractivity contribution in [3.63, 3.8) is 0 Å². The number of fused-ring (bicyclic) bond motifs is 2. The van der Waals surface area contributed by atoms with Crippen LogP contribution >= 0.6 is 0 Å². The van der Waals surface area contributed by atoms with E-state index in [0.29, 0.717) is 37.0 Å². The summed E-state index contributed by atoms with van der Waals surface area (Å²) < 4.78 is 0. The number of aromatic hydroxyl groups is 1. The molecule has 9 rings (SSSR count). The first-order valence-corrected chi connectivity index (χ1v) is 20.5. The predicted octanol–water partition coefficient (Wildman–Crippen LogP) is 7.00. The number of phenols is 1. The highest BCUT2D eigenvalue weighted by molar-refractivity contribution is 6.01. The summed E-state index contributed by atoms with van der Waals surface area (Å²) in [6.07, 6.45) is 5.81. The number of allylic oxidation sites excluding steroid dienone is 1. The van der Waals surface area contributed by atoms with Crippen molar-refractivity contribution in [1.82, 2.24) is 20.0 Å². The maximum atomic E-state index is 13.2. The molecule has 8 nitrogen and oxygen atoms in total. The molecule has 0 bridgehead atoms. The van der Waals surface area contributed by atoms with Crippen LogP contribution in [0.4, 0.5) is 5.69 Å². The number of nitrogens with zero attached hydrogens (tertiary/aromatic N) is 4. The van der Waals surface area contributed by atoms with Gasteiger partial charge in [-0.05, 0) is 127 Å². The second-order valence-electron chi connectivity index (χ2n) is 16.4. The number of rotatable bonds is 8. The van der Waals surface area contributed by atoms with Crippen LogP contribution in [0, 0.1) is 0 Å². The van der Waals surface area contributed by atoms with Crippen molar-refractivity contribution in [2.24, 2.45) is 0 Å². The third kappa shape index (κ3) is 7.30. The van der Waals surface area contributed by atoms with Gasteiger partial charge >= 0.3 is 0 Å². The number of likely N-dealkylation sites (tertiary alicyclic amines) is 1. The van der Waals surface area contributed by atoms with E-state index in [-0.39, 0.29) is 17.7 Å². The number of carbonyl (C=O) groups excluding carboxylic acids is 2. The minimum absolute atomic E-state index is 0.0394. The summed E-state index contributed by atoms with van der Waals surface area (Å²) in [5.41, 5.74) is 10.5. The zero-order chi connectivity index (χ0) is 37.5. The Morgan fingerprint density at radius 1 is 0.691 bits per heavy atom. The highest BCUT2D eigenvalue weighted by Crippen LogP contribution is 2.47. The van der Waals surface area contributed by atoms with E-state index >= 15 is 0 Å². The Kier molecular flexibility index (Phi) is 9.96. The number of hydrogen-bond donors (Lipinski definition) is 2. The molecule has 0 aromatic heterocycles. The average Bonchev–Trinajstić information content (AvgIpc) is 3.55. The number of benzene rings is 4. The number of anilines is 1. The fraction of sp³-hybridized carbons (Fsp3) is 0.404. The van der Waals surface area contributed by atoms with E-state index in [2.05, 4.69) is 99.4 Å². The number of phenolic OH excluding ortho intramolecular Hbond substituents is 1. The van der Waals surface area contributed by atoms with Crippen molar-refractivity contribution < 1.29 is 14.7 Å². The monoisotopic (exact) mass is 735 g/mol. The van der Waals surface area contributed by atoms with E-state index in [4.69, 9.17) is 0 Å². The molecule has 55 heavy (non-hydrogen) atoms. The molecule has 5 aliphatic rings. The lowest BCUT2D eigenvalue weighted by molar-refractivity contribution is -0.126. The van der Waals surface area contributed by atoms with Gasteiger partial charge in [-0.3, -0.25) is 14.5 Å². The van der Waals surface area contributed by atoms with Crippen molar-refractivity contribution in [3.8, 4) is 5.75 Å². The number of carbonyl (C=O) groups is 2. The van der Waals surface area contributed by atoms with Crippen molar-refractivity contribution >= 4 is 17.5 Å². The van der Waals surface area contributed by atoms with Crippen LogP contribution in [0.15, 0.2) is 103 Å². The number of piperidine rings is 2. The maximum absolute atomic E-state index is 13.2. The summed E-state index contributed by atoms with van der Waals surface area (Å²) in [6.45, 7) is 12.9. The van der Waals surface area contributed by atoms with Crippen LogP contribution in [0.2, 0.25) is 0 Å². The summed E-state index contributed by atoms with van der Waals surface area (Å²) >= 11 is 0. The number of amides is 2. The Balaban J connectivity index is 0.756. The number of aryl methyl sites for hydroxylation is 1. The standard InChI is InChI=1S/C47H53N5O3/c1-32-7-18-44(46(54)48-32)52-31-38-29-39(13-16-43(38)47(52)55)51-27-25-50(26-28-51)24-23-49-21-19-34(20-22-49)33-8-10-36(11-9-33)45-41(35-5-3-2-4-6-35)15-12-37-30-40(53)14-17-42(37)45/h2-6,8-11,13-14,16-17,29-30,34,41,44-45,53H,1,7,12,15,18-28,31H2,(H,48,54)/t41-,44?,45+/m0/s1. The molecule has 2 amide bonds. The summed E-state index contributed by atoms with van der Waals surface area (Å²) in [7, 11) is 0. The molecule has 0 saturated carbocycles. The molecule has 4 aromatic carbocycles. The lowest BCUT2D eigenvalue weighted by Gasteiger charge is -2.38. The van der Waals surface area contributed by atoms with Gasteiger partial charge < -0.3 is 25.1 Å². The Morgan fingerprint density at radius 2 is 1.42 bits per heavy atom. The number of hydrogen-bond acceptors (Lipinski definition) is 6. The zero-order valence-corrected chi connectivity index (χ0v) is 31.8. The molecule has 3 fully saturated rings. The van der Waals surface area contributed by atoms with Gasteiger partial charge in [-0.15, -0.1) is 0 Å². The summed E-state index contributed by atoms with van der Waals surface area (Å²) in [5.74, 6) is 1.51. The van der Waals surface area contributed by atoms with Crippen LogP contribution in [0.25, 0.3) is 0 Å². The van der Waals surface area contributed by atoms with Crippen molar-refractivity contribution in [2.75, 3.05) is 57.3 Å². The molecule has 4 heterocycles. The van der Waals surface area contributed by atoms with Gasteiger partial charge in [0.25, 0.3) is 5.91 Å². The van der Waals surface area contributed by atoms with Crippen LogP contribution in [-0.2, 0) is 17.8 Å². The smallest absolute Gasteiger partial charge is 0.255 e. The quantitative estimate of drug-likeness (QED) is 0.203.